The van der Waals surface area contributed by atoms with Crippen LogP contribution in [0.2, 0.25) is 0 Å². The van der Waals surface area contributed by atoms with Crippen LogP contribution in [0.4, 0.5) is 0 Å². The van der Waals surface area contributed by atoms with E-state index in [1.807, 2.05) is 0 Å². The number of rotatable bonds is 8. The molecule has 0 aromatic heterocycles. The number of aliphatic hydroxyl groups is 3. The molecule has 1 aliphatic rings. The van der Waals surface area contributed by atoms with E-state index >= 15 is 0 Å². The van der Waals surface area contributed by atoms with Crippen molar-refractivity contribution in [3.63, 3.8) is 0 Å². The highest BCUT2D eigenvalue weighted by atomic mass is 16.3. The third-order valence-corrected chi connectivity index (χ3v) is 3.67. The molecule has 1 aliphatic carbocycles. The number of aliphatic hydroxyl groups excluding tert-OH is 3. The lowest BCUT2D eigenvalue weighted by atomic mass is 9.74. The fourth-order valence-electron chi connectivity index (χ4n) is 2.37. The molecule has 0 aromatic carbocycles. The van der Waals surface area contributed by atoms with E-state index in [2.05, 4.69) is 12.2 Å². The van der Waals surface area contributed by atoms with Crippen LogP contribution in [0, 0.1) is 11.8 Å². The molecule has 0 unspecified atom stereocenters. The third-order valence-electron chi connectivity index (χ3n) is 3.67. The molecule has 16 heavy (non-hydrogen) atoms. The van der Waals surface area contributed by atoms with Crippen molar-refractivity contribution in [1.29, 1.82) is 0 Å². The van der Waals surface area contributed by atoms with Gasteiger partial charge in [-0.3, -0.25) is 0 Å². The summed E-state index contributed by atoms with van der Waals surface area (Å²) in [6.07, 6.45) is 4.92. The first-order valence-corrected chi connectivity index (χ1v) is 6.23. The van der Waals surface area contributed by atoms with Crippen molar-refractivity contribution in [2.45, 2.75) is 38.1 Å². The fraction of sp³-hybridized carbons (Fsp3) is 1.00. The van der Waals surface area contributed by atoms with Crippen molar-refractivity contribution < 1.29 is 15.3 Å². The zero-order chi connectivity index (χ0) is 12.0. The van der Waals surface area contributed by atoms with Crippen molar-refractivity contribution in [2.24, 2.45) is 11.8 Å². The molecule has 4 N–H and O–H groups in total. The first-order valence-electron chi connectivity index (χ1n) is 6.23. The Labute approximate surface area is 97.7 Å². The lowest BCUT2D eigenvalue weighted by molar-refractivity contribution is 0.0419. The van der Waals surface area contributed by atoms with Crippen LogP contribution >= 0.6 is 0 Å². The normalized spacial score (nSPS) is 25.5. The highest BCUT2D eigenvalue weighted by molar-refractivity contribution is 4.86. The number of nitrogens with one attached hydrogen (secondary N) is 1. The molecule has 0 bridgehead atoms. The molecule has 1 saturated carbocycles. The smallest absolute Gasteiger partial charge is 0.0881 e. The van der Waals surface area contributed by atoms with E-state index < -0.39 is 5.54 Å². The summed E-state index contributed by atoms with van der Waals surface area (Å²) in [7, 11) is 0. The summed E-state index contributed by atoms with van der Waals surface area (Å²) in [4.78, 5) is 0. The lowest BCUT2D eigenvalue weighted by Crippen LogP contribution is -2.55. The molecular weight excluding hydrogens is 206 g/mol. The highest BCUT2D eigenvalue weighted by Crippen LogP contribution is 2.35. The maximum Gasteiger partial charge on any atom is 0.0881 e. The molecule has 96 valence electrons. The van der Waals surface area contributed by atoms with Crippen LogP contribution in [-0.2, 0) is 0 Å². The topological polar surface area (TPSA) is 72.7 Å². The van der Waals surface area contributed by atoms with Crippen LogP contribution in [0.5, 0.6) is 0 Å². The first-order chi connectivity index (χ1) is 7.65. The zero-order valence-electron chi connectivity index (χ0n) is 10.2. The molecule has 0 atom stereocenters. The largest absolute Gasteiger partial charge is 0.394 e. The zero-order valence-corrected chi connectivity index (χ0v) is 10.2. The second-order valence-corrected chi connectivity index (χ2v) is 5.27. The van der Waals surface area contributed by atoms with Crippen molar-refractivity contribution in [1.82, 2.24) is 5.32 Å². The van der Waals surface area contributed by atoms with Gasteiger partial charge in [-0.1, -0.05) is 6.92 Å². The van der Waals surface area contributed by atoms with E-state index in [0.717, 1.165) is 24.8 Å². The Morgan fingerprint density at radius 1 is 1.12 bits per heavy atom. The van der Waals surface area contributed by atoms with E-state index in [4.69, 9.17) is 15.3 Å². The molecule has 0 radical (unpaired) electrons. The van der Waals surface area contributed by atoms with Crippen molar-refractivity contribution in [2.75, 3.05) is 26.4 Å². The van der Waals surface area contributed by atoms with Gasteiger partial charge in [0, 0.05) is 0 Å². The average molecular weight is 231 g/mol. The van der Waals surface area contributed by atoms with Gasteiger partial charge in [0.25, 0.3) is 0 Å². The fourth-order valence-corrected chi connectivity index (χ4v) is 2.37. The van der Waals surface area contributed by atoms with Gasteiger partial charge in [-0.25, -0.2) is 0 Å². The Kier molecular flexibility index (Phi) is 5.69. The number of hydrogen-bond donors (Lipinski definition) is 4. The van der Waals surface area contributed by atoms with Crippen LogP contribution in [-0.4, -0.2) is 47.2 Å². The van der Waals surface area contributed by atoms with Crippen molar-refractivity contribution >= 4 is 0 Å². The maximum absolute atomic E-state index is 9.09. The van der Waals surface area contributed by atoms with Crippen LogP contribution in [0.25, 0.3) is 0 Å². The van der Waals surface area contributed by atoms with E-state index in [9.17, 15) is 0 Å². The van der Waals surface area contributed by atoms with Crippen LogP contribution in [0.3, 0.4) is 0 Å². The van der Waals surface area contributed by atoms with Gasteiger partial charge in [0.15, 0.2) is 0 Å². The minimum absolute atomic E-state index is 0.236. The summed E-state index contributed by atoms with van der Waals surface area (Å²) in [5.74, 6) is 1.76. The maximum atomic E-state index is 9.09. The van der Waals surface area contributed by atoms with Gasteiger partial charge in [-0.2, -0.15) is 0 Å². The minimum Gasteiger partial charge on any atom is -0.394 e. The van der Waals surface area contributed by atoms with Crippen LogP contribution in [0.15, 0.2) is 0 Å². The molecule has 1 rings (SSSR count). The molecule has 0 heterocycles. The lowest BCUT2D eigenvalue weighted by Gasteiger charge is -2.33. The van der Waals surface area contributed by atoms with Crippen LogP contribution < -0.4 is 5.32 Å². The quantitative estimate of drug-likeness (QED) is 0.448. The number of hydrogen-bond acceptors (Lipinski definition) is 4. The molecule has 0 amide bonds. The minimum atomic E-state index is -0.910. The second-order valence-electron chi connectivity index (χ2n) is 5.27. The summed E-state index contributed by atoms with van der Waals surface area (Å²) >= 11 is 0. The van der Waals surface area contributed by atoms with Gasteiger partial charge in [-0.15, -0.1) is 0 Å². The molecular formula is C12H25NO3. The SMILES string of the molecule is CC1CC(CCCNC(CO)(CO)CO)C1. The summed E-state index contributed by atoms with van der Waals surface area (Å²) < 4.78 is 0. The molecule has 0 aromatic rings. The first kappa shape index (κ1) is 13.9. The second kappa shape index (κ2) is 6.55. The Morgan fingerprint density at radius 3 is 2.12 bits per heavy atom. The average Bonchev–Trinajstić information content (AvgIpc) is 2.27. The predicted octanol–water partition coefficient (Wildman–Crippen LogP) is 0.118. The van der Waals surface area contributed by atoms with E-state index in [1.165, 1.54) is 19.3 Å². The Morgan fingerprint density at radius 2 is 1.69 bits per heavy atom. The molecule has 0 spiro atoms. The monoisotopic (exact) mass is 231 g/mol. The predicted molar refractivity (Wildman–Crippen MR) is 63.1 cm³/mol. The summed E-state index contributed by atoms with van der Waals surface area (Å²) in [6, 6.07) is 0. The molecule has 4 heteroatoms. The van der Waals surface area contributed by atoms with Gasteiger partial charge < -0.3 is 20.6 Å². The Bertz CT molecular complexity index is 180. The van der Waals surface area contributed by atoms with Gasteiger partial charge in [-0.05, 0) is 44.1 Å². The molecule has 4 nitrogen and oxygen atoms in total. The van der Waals surface area contributed by atoms with E-state index in [-0.39, 0.29) is 19.8 Å². The van der Waals surface area contributed by atoms with Gasteiger partial charge in [0.2, 0.25) is 0 Å². The van der Waals surface area contributed by atoms with Gasteiger partial charge >= 0.3 is 0 Å². The van der Waals surface area contributed by atoms with E-state index in [1.54, 1.807) is 0 Å². The highest BCUT2D eigenvalue weighted by Gasteiger charge is 2.28. The summed E-state index contributed by atoms with van der Waals surface area (Å²) in [6.45, 7) is 2.32. The van der Waals surface area contributed by atoms with E-state index in [0.29, 0.717) is 0 Å². The summed E-state index contributed by atoms with van der Waals surface area (Å²) in [5, 5.41) is 30.3. The summed E-state index contributed by atoms with van der Waals surface area (Å²) in [5.41, 5.74) is -0.910. The molecule has 0 saturated heterocycles. The third kappa shape index (κ3) is 3.70. The van der Waals surface area contributed by atoms with Crippen LogP contribution in [0.1, 0.15) is 32.6 Å². The van der Waals surface area contributed by atoms with Gasteiger partial charge in [0.05, 0.1) is 25.4 Å². The van der Waals surface area contributed by atoms with Crippen molar-refractivity contribution in [3.8, 4) is 0 Å². The molecule has 1 fully saturated rings. The van der Waals surface area contributed by atoms with Gasteiger partial charge in [0.1, 0.15) is 0 Å². The van der Waals surface area contributed by atoms with Crippen molar-refractivity contribution in [3.05, 3.63) is 0 Å². The molecule has 0 aliphatic heterocycles. The standard InChI is InChI=1S/C12H25NO3/c1-10-5-11(6-10)3-2-4-13-12(7-14,8-15)9-16/h10-11,13-16H,2-9H2,1H3. The Balaban J connectivity index is 2.09. The Hall–Kier alpha value is -0.160.